The first-order chi connectivity index (χ1) is 11.2. The van der Waals surface area contributed by atoms with E-state index >= 15 is 0 Å². The maximum Gasteiger partial charge on any atom is 0.220 e. The molecule has 1 aliphatic heterocycles. The van der Waals surface area contributed by atoms with Crippen LogP contribution in [0.2, 0.25) is 0 Å². The molecule has 2 N–H and O–H groups in total. The van der Waals surface area contributed by atoms with Crippen molar-refractivity contribution >= 4 is 5.91 Å². The van der Waals surface area contributed by atoms with E-state index in [-0.39, 0.29) is 12.5 Å². The molecule has 0 saturated heterocycles. The fourth-order valence-corrected chi connectivity index (χ4v) is 3.77. The van der Waals surface area contributed by atoms with Crippen molar-refractivity contribution in [3.05, 3.63) is 29.8 Å². The van der Waals surface area contributed by atoms with Gasteiger partial charge >= 0.3 is 0 Å². The number of aliphatic hydroxyl groups is 1. The summed E-state index contributed by atoms with van der Waals surface area (Å²) >= 11 is 0. The average molecular weight is 317 g/mol. The smallest absolute Gasteiger partial charge is 0.220 e. The van der Waals surface area contributed by atoms with Gasteiger partial charge in [0.05, 0.1) is 13.2 Å². The highest BCUT2D eigenvalue weighted by Gasteiger charge is 2.35. The maximum atomic E-state index is 12.1. The van der Waals surface area contributed by atoms with E-state index < -0.39 is 5.60 Å². The number of fused-ring (bicyclic) bond motifs is 1. The van der Waals surface area contributed by atoms with Crippen LogP contribution in [0.4, 0.5) is 0 Å². The molecule has 0 spiro atoms. The lowest BCUT2D eigenvalue weighted by Crippen LogP contribution is -2.43. The maximum absolute atomic E-state index is 12.1. The molecule has 1 atom stereocenters. The molecule has 4 nitrogen and oxygen atoms in total. The van der Waals surface area contributed by atoms with Crippen LogP contribution in [-0.4, -0.2) is 24.2 Å². The van der Waals surface area contributed by atoms with Crippen molar-refractivity contribution < 1.29 is 14.6 Å². The number of nitrogens with one attached hydrogen (secondary N) is 1. The Kier molecular flexibility index (Phi) is 5.21. The molecule has 0 bridgehead atoms. The fourth-order valence-electron chi connectivity index (χ4n) is 3.77. The lowest BCUT2D eigenvalue weighted by molar-refractivity contribution is -0.123. The van der Waals surface area contributed by atoms with Crippen LogP contribution >= 0.6 is 0 Å². The molecule has 1 fully saturated rings. The second-order valence-corrected chi connectivity index (χ2v) is 6.95. The molecule has 23 heavy (non-hydrogen) atoms. The molecule has 0 radical (unpaired) electrons. The van der Waals surface area contributed by atoms with Gasteiger partial charge in [-0.3, -0.25) is 4.79 Å². The van der Waals surface area contributed by atoms with E-state index in [1.165, 1.54) is 32.1 Å². The molecule has 4 heteroatoms. The van der Waals surface area contributed by atoms with Crippen molar-refractivity contribution in [3.8, 4) is 5.75 Å². The quantitative estimate of drug-likeness (QED) is 0.877. The van der Waals surface area contributed by atoms with E-state index in [2.05, 4.69) is 5.32 Å². The zero-order valence-corrected chi connectivity index (χ0v) is 13.7. The van der Waals surface area contributed by atoms with Crippen molar-refractivity contribution in [3.63, 3.8) is 0 Å². The monoisotopic (exact) mass is 317 g/mol. The first kappa shape index (κ1) is 16.3. The van der Waals surface area contributed by atoms with E-state index in [1.54, 1.807) is 0 Å². The standard InChI is InChI=1S/C19H27NO3/c21-18(11-10-15-6-2-1-3-7-15)20-14-19(22)12-13-23-17-9-5-4-8-16(17)19/h4-5,8-9,15,22H,1-3,6-7,10-14H2,(H,20,21). The van der Waals surface area contributed by atoms with Gasteiger partial charge in [-0.2, -0.15) is 0 Å². The van der Waals surface area contributed by atoms with Gasteiger partial charge in [-0.15, -0.1) is 0 Å². The SMILES string of the molecule is O=C(CCC1CCCCC1)NCC1(O)CCOc2ccccc21. The number of hydrogen-bond donors (Lipinski definition) is 2. The molecule has 1 heterocycles. The zero-order chi connectivity index (χ0) is 16.1. The van der Waals surface area contributed by atoms with E-state index in [0.717, 1.165) is 17.7 Å². The first-order valence-electron chi connectivity index (χ1n) is 8.89. The summed E-state index contributed by atoms with van der Waals surface area (Å²) in [5.41, 5.74) is -0.242. The third kappa shape index (κ3) is 4.05. The van der Waals surface area contributed by atoms with Crippen LogP contribution in [0.15, 0.2) is 24.3 Å². The van der Waals surface area contributed by atoms with Crippen LogP contribution in [0, 0.1) is 5.92 Å². The highest BCUT2D eigenvalue weighted by molar-refractivity contribution is 5.76. The number of carbonyl (C=O) groups excluding carboxylic acids is 1. The average Bonchev–Trinajstić information content (AvgIpc) is 2.60. The Morgan fingerprint density at radius 3 is 2.87 bits per heavy atom. The van der Waals surface area contributed by atoms with Gasteiger partial charge in [0.25, 0.3) is 0 Å². The van der Waals surface area contributed by atoms with E-state index in [4.69, 9.17) is 4.74 Å². The van der Waals surface area contributed by atoms with Gasteiger partial charge in [0, 0.05) is 18.4 Å². The number of para-hydroxylation sites is 1. The topological polar surface area (TPSA) is 58.6 Å². The number of amides is 1. The van der Waals surface area contributed by atoms with Gasteiger partial charge in [0.1, 0.15) is 11.4 Å². The van der Waals surface area contributed by atoms with Crippen LogP contribution < -0.4 is 10.1 Å². The van der Waals surface area contributed by atoms with Crippen LogP contribution in [0.1, 0.15) is 56.9 Å². The Balaban J connectivity index is 1.50. The van der Waals surface area contributed by atoms with Gasteiger partial charge < -0.3 is 15.2 Å². The Labute approximate surface area is 138 Å². The third-order valence-electron chi connectivity index (χ3n) is 5.24. The largest absolute Gasteiger partial charge is 0.493 e. The molecular weight excluding hydrogens is 290 g/mol. The second-order valence-electron chi connectivity index (χ2n) is 6.95. The molecule has 126 valence electrons. The van der Waals surface area contributed by atoms with E-state index in [1.807, 2.05) is 24.3 Å². The van der Waals surface area contributed by atoms with Crippen molar-refractivity contribution in [2.75, 3.05) is 13.2 Å². The Morgan fingerprint density at radius 1 is 1.26 bits per heavy atom. The summed E-state index contributed by atoms with van der Waals surface area (Å²) in [6, 6.07) is 7.53. The molecular formula is C19H27NO3. The summed E-state index contributed by atoms with van der Waals surface area (Å²) in [5, 5.41) is 13.8. The number of ether oxygens (including phenoxy) is 1. The van der Waals surface area contributed by atoms with Crippen molar-refractivity contribution in [2.24, 2.45) is 5.92 Å². The molecule has 1 aromatic rings. The minimum Gasteiger partial charge on any atom is -0.493 e. The van der Waals surface area contributed by atoms with E-state index in [0.29, 0.717) is 25.4 Å². The van der Waals surface area contributed by atoms with Gasteiger partial charge in [0.2, 0.25) is 5.91 Å². The van der Waals surface area contributed by atoms with Crippen LogP contribution in [-0.2, 0) is 10.4 Å². The Morgan fingerprint density at radius 2 is 2.04 bits per heavy atom. The lowest BCUT2D eigenvalue weighted by atomic mass is 9.86. The van der Waals surface area contributed by atoms with Crippen molar-refractivity contribution in [1.29, 1.82) is 0 Å². The number of benzene rings is 1. The molecule has 3 rings (SSSR count). The fraction of sp³-hybridized carbons (Fsp3) is 0.632. The first-order valence-corrected chi connectivity index (χ1v) is 8.89. The lowest BCUT2D eigenvalue weighted by Gasteiger charge is -2.34. The summed E-state index contributed by atoms with van der Waals surface area (Å²) in [6.07, 6.45) is 8.54. The Bertz CT molecular complexity index is 539. The molecule has 1 saturated carbocycles. The minimum atomic E-state index is -1.02. The molecule has 1 unspecified atom stereocenters. The minimum absolute atomic E-state index is 0.0490. The van der Waals surface area contributed by atoms with Gasteiger partial charge in [0.15, 0.2) is 0 Å². The highest BCUT2D eigenvalue weighted by atomic mass is 16.5. The Hall–Kier alpha value is -1.55. The molecule has 1 amide bonds. The number of hydrogen-bond acceptors (Lipinski definition) is 3. The van der Waals surface area contributed by atoms with Gasteiger partial charge in [-0.05, 0) is 18.4 Å². The van der Waals surface area contributed by atoms with Crippen LogP contribution in [0.3, 0.4) is 0 Å². The van der Waals surface area contributed by atoms with Crippen LogP contribution in [0.25, 0.3) is 0 Å². The highest BCUT2D eigenvalue weighted by Crippen LogP contribution is 2.36. The molecule has 1 aliphatic carbocycles. The van der Waals surface area contributed by atoms with Gasteiger partial charge in [-0.1, -0.05) is 50.3 Å². The molecule has 2 aliphatic rings. The predicted octanol–water partition coefficient (Wildman–Crippen LogP) is 3.13. The molecule has 1 aromatic carbocycles. The van der Waals surface area contributed by atoms with Crippen LogP contribution in [0.5, 0.6) is 5.75 Å². The predicted molar refractivity (Wildman–Crippen MR) is 89.3 cm³/mol. The van der Waals surface area contributed by atoms with Gasteiger partial charge in [-0.25, -0.2) is 0 Å². The van der Waals surface area contributed by atoms with E-state index in [9.17, 15) is 9.90 Å². The number of rotatable bonds is 5. The summed E-state index contributed by atoms with van der Waals surface area (Å²) < 4.78 is 5.58. The number of carbonyl (C=O) groups is 1. The summed E-state index contributed by atoms with van der Waals surface area (Å²) in [4.78, 5) is 12.1. The normalized spacial score (nSPS) is 24.6. The van der Waals surface area contributed by atoms with Crippen molar-refractivity contribution in [1.82, 2.24) is 5.32 Å². The summed E-state index contributed by atoms with van der Waals surface area (Å²) in [6.45, 7) is 0.738. The summed E-state index contributed by atoms with van der Waals surface area (Å²) in [5.74, 6) is 1.48. The second kappa shape index (κ2) is 7.35. The zero-order valence-electron chi connectivity index (χ0n) is 13.7. The summed E-state index contributed by atoms with van der Waals surface area (Å²) in [7, 11) is 0. The molecule has 0 aromatic heterocycles. The van der Waals surface area contributed by atoms with Crippen molar-refractivity contribution in [2.45, 2.75) is 57.0 Å². The third-order valence-corrected chi connectivity index (χ3v) is 5.24.